The van der Waals surface area contributed by atoms with Crippen molar-refractivity contribution in [2.24, 2.45) is 0 Å². The summed E-state index contributed by atoms with van der Waals surface area (Å²) >= 11 is 5.43. The lowest BCUT2D eigenvalue weighted by Crippen LogP contribution is -2.34. The summed E-state index contributed by atoms with van der Waals surface area (Å²) in [6, 6.07) is 39.1. The SMILES string of the molecule is O=C(NCc1cccc(NC(=S)Nc2ccccc2)c1)/C(=C\c1ccc(-c2ccccc2)o1)NC(=O)c1ccccc1. The van der Waals surface area contributed by atoms with Crippen LogP contribution in [0.3, 0.4) is 0 Å². The highest BCUT2D eigenvalue weighted by Crippen LogP contribution is 2.23. The Bertz CT molecular complexity index is 1700. The van der Waals surface area contributed by atoms with Crippen LogP contribution >= 0.6 is 12.2 Å². The van der Waals surface area contributed by atoms with Crippen molar-refractivity contribution in [2.75, 3.05) is 10.6 Å². The summed E-state index contributed by atoms with van der Waals surface area (Å²) in [5.74, 6) is 0.215. The van der Waals surface area contributed by atoms with Crippen molar-refractivity contribution in [1.82, 2.24) is 10.6 Å². The second kappa shape index (κ2) is 13.7. The zero-order valence-electron chi connectivity index (χ0n) is 22.5. The lowest BCUT2D eigenvalue weighted by atomic mass is 10.2. The van der Waals surface area contributed by atoms with Crippen LogP contribution in [0.4, 0.5) is 11.4 Å². The van der Waals surface area contributed by atoms with Gasteiger partial charge in [-0.25, -0.2) is 0 Å². The first-order valence-corrected chi connectivity index (χ1v) is 13.7. The van der Waals surface area contributed by atoms with Gasteiger partial charge in [-0.15, -0.1) is 0 Å². The van der Waals surface area contributed by atoms with Gasteiger partial charge in [0.05, 0.1) is 0 Å². The molecule has 1 aromatic heterocycles. The second-order valence-electron chi connectivity index (χ2n) is 9.27. The number of carbonyl (C=O) groups excluding carboxylic acids is 2. The Labute approximate surface area is 249 Å². The Morgan fingerprint density at radius 2 is 1.36 bits per heavy atom. The van der Waals surface area contributed by atoms with E-state index in [1.165, 1.54) is 6.08 Å². The molecule has 4 N–H and O–H groups in total. The molecule has 42 heavy (non-hydrogen) atoms. The number of rotatable bonds is 9. The summed E-state index contributed by atoms with van der Waals surface area (Å²) in [7, 11) is 0. The molecule has 7 nitrogen and oxygen atoms in total. The van der Waals surface area contributed by atoms with Gasteiger partial charge < -0.3 is 25.7 Å². The molecule has 5 rings (SSSR count). The standard InChI is InChI=1S/C34H28N4O3S/c39-32(26-14-6-2-7-15-26)38-30(22-29-19-20-31(41-29)25-12-4-1-5-13-25)33(40)35-23-24-11-10-18-28(21-24)37-34(42)36-27-16-8-3-9-17-27/h1-22H,23H2,(H,35,40)(H,38,39)(H2,36,37,42)/b30-22+. The maximum atomic E-state index is 13.3. The van der Waals surface area contributed by atoms with Crippen LogP contribution in [0.5, 0.6) is 0 Å². The molecular weight excluding hydrogens is 544 g/mol. The van der Waals surface area contributed by atoms with E-state index in [1.807, 2.05) is 97.1 Å². The Hall–Kier alpha value is -5.47. The third-order valence-electron chi connectivity index (χ3n) is 6.17. The molecule has 5 aromatic rings. The Balaban J connectivity index is 1.29. The van der Waals surface area contributed by atoms with Gasteiger partial charge in [0.25, 0.3) is 11.8 Å². The van der Waals surface area contributed by atoms with Gasteiger partial charge in [0.15, 0.2) is 5.11 Å². The molecule has 0 spiro atoms. The quantitative estimate of drug-likeness (QED) is 0.114. The van der Waals surface area contributed by atoms with Crippen molar-refractivity contribution in [1.29, 1.82) is 0 Å². The molecule has 0 saturated heterocycles. The molecule has 0 aliphatic carbocycles. The first-order valence-electron chi connectivity index (χ1n) is 13.3. The number of hydrogen-bond donors (Lipinski definition) is 4. The molecule has 0 unspecified atom stereocenters. The summed E-state index contributed by atoms with van der Waals surface area (Å²) in [4.78, 5) is 26.3. The zero-order chi connectivity index (χ0) is 29.1. The minimum absolute atomic E-state index is 0.0559. The van der Waals surface area contributed by atoms with Gasteiger partial charge in [0.2, 0.25) is 0 Å². The van der Waals surface area contributed by atoms with Crippen molar-refractivity contribution in [2.45, 2.75) is 6.54 Å². The molecule has 208 valence electrons. The molecule has 0 fully saturated rings. The smallest absolute Gasteiger partial charge is 0.268 e. The number of amides is 2. The molecule has 2 amide bonds. The molecule has 0 aliphatic heterocycles. The van der Waals surface area contributed by atoms with Gasteiger partial charge in [-0.1, -0.05) is 78.9 Å². The summed E-state index contributed by atoms with van der Waals surface area (Å²) in [5, 5.41) is 12.4. The van der Waals surface area contributed by atoms with E-state index < -0.39 is 11.8 Å². The van der Waals surface area contributed by atoms with Crippen LogP contribution in [0.15, 0.2) is 138 Å². The molecule has 4 aromatic carbocycles. The van der Waals surface area contributed by atoms with Gasteiger partial charge >= 0.3 is 0 Å². The molecule has 0 saturated carbocycles. The van der Waals surface area contributed by atoms with Crippen LogP contribution in [0.2, 0.25) is 0 Å². The Kier molecular flexibility index (Phi) is 9.18. The number of benzene rings is 4. The minimum atomic E-state index is -0.462. The average Bonchev–Trinajstić information content (AvgIpc) is 3.49. The number of furan rings is 1. The van der Waals surface area contributed by atoms with E-state index in [4.69, 9.17) is 16.6 Å². The van der Waals surface area contributed by atoms with E-state index in [2.05, 4.69) is 21.3 Å². The van der Waals surface area contributed by atoms with Crippen molar-refractivity contribution in [3.05, 3.63) is 150 Å². The second-order valence-corrected chi connectivity index (χ2v) is 9.68. The van der Waals surface area contributed by atoms with Gasteiger partial charge in [-0.2, -0.15) is 0 Å². The molecule has 0 bridgehead atoms. The first kappa shape index (κ1) is 28.1. The van der Waals surface area contributed by atoms with Crippen LogP contribution in [0.1, 0.15) is 21.7 Å². The van der Waals surface area contributed by atoms with E-state index in [9.17, 15) is 9.59 Å². The summed E-state index contributed by atoms with van der Waals surface area (Å²) in [6.07, 6.45) is 1.52. The van der Waals surface area contributed by atoms with Crippen LogP contribution < -0.4 is 21.3 Å². The first-order chi connectivity index (χ1) is 20.5. The van der Waals surface area contributed by atoms with Crippen molar-refractivity contribution < 1.29 is 14.0 Å². The summed E-state index contributed by atoms with van der Waals surface area (Å²) in [5.41, 5.74) is 3.88. The highest BCUT2D eigenvalue weighted by atomic mass is 32.1. The van der Waals surface area contributed by atoms with Gasteiger partial charge in [0.1, 0.15) is 17.2 Å². The number of anilines is 2. The topological polar surface area (TPSA) is 95.4 Å². The third kappa shape index (κ3) is 7.80. The van der Waals surface area contributed by atoms with Gasteiger partial charge in [-0.05, 0) is 66.3 Å². The fourth-order valence-electron chi connectivity index (χ4n) is 4.12. The molecular formula is C34H28N4O3S. The Morgan fingerprint density at radius 3 is 2.10 bits per heavy atom. The van der Waals surface area contributed by atoms with E-state index in [0.717, 1.165) is 22.5 Å². The van der Waals surface area contributed by atoms with E-state index in [0.29, 0.717) is 22.2 Å². The van der Waals surface area contributed by atoms with Crippen molar-refractivity contribution >= 4 is 46.6 Å². The van der Waals surface area contributed by atoms with E-state index >= 15 is 0 Å². The maximum absolute atomic E-state index is 13.3. The summed E-state index contributed by atoms with van der Waals surface area (Å²) < 4.78 is 5.96. The van der Waals surface area contributed by atoms with Crippen LogP contribution in [-0.4, -0.2) is 16.9 Å². The van der Waals surface area contributed by atoms with Crippen LogP contribution in [0, 0.1) is 0 Å². The molecule has 0 radical (unpaired) electrons. The largest absolute Gasteiger partial charge is 0.457 e. The van der Waals surface area contributed by atoms with Crippen molar-refractivity contribution in [3.63, 3.8) is 0 Å². The van der Waals surface area contributed by atoms with E-state index in [1.54, 1.807) is 30.3 Å². The predicted molar refractivity (Wildman–Crippen MR) is 171 cm³/mol. The summed E-state index contributed by atoms with van der Waals surface area (Å²) in [6.45, 7) is 0.221. The van der Waals surface area contributed by atoms with E-state index in [-0.39, 0.29) is 12.2 Å². The van der Waals surface area contributed by atoms with Crippen LogP contribution in [-0.2, 0) is 11.3 Å². The average molecular weight is 573 g/mol. The molecule has 1 heterocycles. The zero-order valence-corrected chi connectivity index (χ0v) is 23.4. The van der Waals surface area contributed by atoms with Crippen molar-refractivity contribution in [3.8, 4) is 11.3 Å². The third-order valence-corrected chi connectivity index (χ3v) is 6.37. The predicted octanol–water partition coefficient (Wildman–Crippen LogP) is 6.84. The monoisotopic (exact) mass is 572 g/mol. The molecule has 8 heteroatoms. The van der Waals surface area contributed by atoms with Gasteiger partial charge in [0, 0.05) is 35.1 Å². The lowest BCUT2D eigenvalue weighted by molar-refractivity contribution is -0.117. The highest BCUT2D eigenvalue weighted by Gasteiger charge is 2.16. The molecule has 0 atom stereocenters. The molecule has 0 aliphatic rings. The maximum Gasteiger partial charge on any atom is 0.268 e. The Morgan fingerprint density at radius 1 is 0.714 bits per heavy atom. The number of para-hydroxylation sites is 1. The minimum Gasteiger partial charge on any atom is -0.457 e. The number of hydrogen-bond acceptors (Lipinski definition) is 4. The lowest BCUT2D eigenvalue weighted by Gasteiger charge is -2.13. The fraction of sp³-hybridized carbons (Fsp3) is 0.0294. The number of thiocarbonyl (C=S) groups is 1. The highest BCUT2D eigenvalue weighted by molar-refractivity contribution is 7.80. The van der Waals surface area contributed by atoms with Gasteiger partial charge in [-0.3, -0.25) is 9.59 Å². The van der Waals surface area contributed by atoms with Crippen LogP contribution in [0.25, 0.3) is 17.4 Å². The number of nitrogens with one attached hydrogen (secondary N) is 4. The normalized spacial score (nSPS) is 10.9. The fourth-order valence-corrected chi connectivity index (χ4v) is 4.36. The number of carbonyl (C=O) groups is 2.